The number of rotatable bonds is 0. The first-order valence-corrected chi connectivity index (χ1v) is 7.17. The maximum Gasteiger partial charge on any atom is 0.144 e. The molecule has 1 aromatic heterocycles. The number of fused-ring (bicyclic) bond motifs is 4. The molecule has 0 bridgehead atoms. The van der Waals surface area contributed by atoms with E-state index in [4.69, 9.17) is 4.98 Å². The van der Waals surface area contributed by atoms with Crippen LogP contribution >= 0.6 is 0 Å². The third-order valence-corrected chi connectivity index (χ3v) is 4.29. The monoisotopic (exact) mass is 396 g/mol. The van der Waals surface area contributed by atoms with Crippen LogP contribution in [0.25, 0.3) is 32.9 Å². The average Bonchev–Trinajstić information content (AvgIpc) is 2.55. The van der Waals surface area contributed by atoms with Crippen molar-refractivity contribution in [3.05, 3.63) is 66.7 Å². The number of benzene rings is 3. The first kappa shape index (κ1) is 13.7. The number of hydrogen-bond acceptors (Lipinski definition) is 1. The first-order chi connectivity index (χ1) is 10.4. The zero-order valence-corrected chi connectivity index (χ0v) is 13.9. The van der Waals surface area contributed by atoms with Gasteiger partial charge in [0.25, 0.3) is 0 Å². The van der Waals surface area contributed by atoms with Crippen LogP contribution in [-0.2, 0) is 0 Å². The minimum absolute atomic E-state index is 0. The summed E-state index contributed by atoms with van der Waals surface area (Å²) in [4.78, 5) is 4.96. The molecule has 5 rings (SSSR count). The second kappa shape index (κ2) is 5.04. The van der Waals surface area contributed by atoms with Crippen LogP contribution in [0.5, 0.6) is 0 Å². The summed E-state index contributed by atoms with van der Waals surface area (Å²) in [7, 11) is 0. The summed E-state index contributed by atoms with van der Waals surface area (Å²) in [5, 5.41) is 6.06. The summed E-state index contributed by atoms with van der Waals surface area (Å²) in [6.45, 7) is 0. The molecule has 1 aliphatic heterocycles. The standard InChI is InChI=1S/C19H12N2.HI/c1-3-9-15-12(6-1)13-8-5-11-17-18(13)19(21-15)14-7-2-4-10-16(14)20-17;/h1-11,20H;1H. The minimum atomic E-state index is 0. The Bertz CT molecular complexity index is 1020. The smallest absolute Gasteiger partial charge is 0.144 e. The topological polar surface area (TPSA) is 29.5 Å². The lowest BCUT2D eigenvalue weighted by Crippen LogP contribution is -3.00. The van der Waals surface area contributed by atoms with Gasteiger partial charge in [0, 0.05) is 17.5 Å². The molecule has 4 aromatic rings. The molecule has 0 atom stereocenters. The van der Waals surface area contributed by atoms with Crippen LogP contribution in [0.1, 0.15) is 0 Å². The van der Waals surface area contributed by atoms with E-state index in [9.17, 15) is 0 Å². The van der Waals surface area contributed by atoms with E-state index in [1.165, 1.54) is 33.1 Å². The molecule has 2 heterocycles. The van der Waals surface area contributed by atoms with Gasteiger partial charge in [0.2, 0.25) is 0 Å². The molecule has 106 valence electrons. The van der Waals surface area contributed by atoms with E-state index in [1.54, 1.807) is 0 Å². The minimum Gasteiger partial charge on any atom is -1.00 e. The highest BCUT2D eigenvalue weighted by Gasteiger charge is 2.23. The first-order valence-electron chi connectivity index (χ1n) is 7.17. The van der Waals surface area contributed by atoms with Crippen molar-refractivity contribution in [2.24, 2.45) is 0 Å². The summed E-state index contributed by atoms with van der Waals surface area (Å²) in [5.41, 5.74) is 5.91. The highest BCUT2D eigenvalue weighted by molar-refractivity contribution is 6.15. The third-order valence-electron chi connectivity index (χ3n) is 4.29. The summed E-state index contributed by atoms with van der Waals surface area (Å²) < 4.78 is 0. The van der Waals surface area contributed by atoms with Gasteiger partial charge in [0.15, 0.2) is 0 Å². The molecular formula is C19H13IN2. The predicted octanol–water partition coefficient (Wildman–Crippen LogP) is 0.899. The highest BCUT2D eigenvalue weighted by atomic mass is 127. The van der Waals surface area contributed by atoms with Crippen molar-refractivity contribution in [3.8, 4) is 11.3 Å². The van der Waals surface area contributed by atoms with Crippen LogP contribution in [0.4, 0.5) is 11.4 Å². The second-order valence-electron chi connectivity index (χ2n) is 5.48. The molecule has 3 aromatic carbocycles. The second-order valence-corrected chi connectivity index (χ2v) is 5.48. The van der Waals surface area contributed by atoms with E-state index in [0.29, 0.717) is 0 Å². The Hall–Kier alpha value is -1.98. The largest absolute Gasteiger partial charge is 1.00 e. The Morgan fingerprint density at radius 1 is 0.682 bits per heavy atom. The Labute approximate surface area is 145 Å². The maximum atomic E-state index is 4.96. The lowest BCUT2D eigenvalue weighted by Gasteiger charge is -2.18. The lowest BCUT2D eigenvalue weighted by atomic mass is 9.95. The number of halogens is 1. The van der Waals surface area contributed by atoms with Gasteiger partial charge >= 0.3 is 0 Å². The fraction of sp³-hybridized carbons (Fsp3) is 0. The van der Waals surface area contributed by atoms with E-state index >= 15 is 0 Å². The van der Waals surface area contributed by atoms with E-state index in [2.05, 4.69) is 72.0 Å². The molecule has 0 aliphatic carbocycles. The fourth-order valence-electron chi connectivity index (χ4n) is 3.36. The van der Waals surface area contributed by atoms with Crippen LogP contribution in [0.2, 0.25) is 0 Å². The van der Waals surface area contributed by atoms with Gasteiger partial charge in [0.1, 0.15) is 11.4 Å². The number of aromatic nitrogens is 1. The van der Waals surface area contributed by atoms with Crippen LogP contribution in [0.3, 0.4) is 0 Å². The highest BCUT2D eigenvalue weighted by Crippen LogP contribution is 2.39. The maximum absolute atomic E-state index is 4.96. The van der Waals surface area contributed by atoms with Crippen molar-refractivity contribution in [2.45, 2.75) is 0 Å². The zero-order valence-electron chi connectivity index (χ0n) is 11.8. The molecule has 0 unspecified atom stereocenters. The van der Waals surface area contributed by atoms with Crippen LogP contribution in [0.15, 0.2) is 66.7 Å². The molecule has 0 radical (unpaired) electrons. The number of para-hydroxylation sites is 2. The quantitative estimate of drug-likeness (QED) is 0.235. The molecule has 0 amide bonds. The number of hydrogen-bond donors (Lipinski definition) is 1. The van der Waals surface area contributed by atoms with Crippen molar-refractivity contribution < 1.29 is 29.3 Å². The molecule has 1 aliphatic rings. The Kier molecular flexibility index (Phi) is 3.13. The summed E-state index contributed by atoms with van der Waals surface area (Å²) in [6, 6.07) is 23.4. The normalized spacial score (nSPS) is 12.0. The number of nitrogens with two attached hydrogens (primary N) is 1. The van der Waals surface area contributed by atoms with E-state index in [1.807, 2.05) is 0 Å². The zero-order chi connectivity index (χ0) is 13.8. The summed E-state index contributed by atoms with van der Waals surface area (Å²) in [6.07, 6.45) is 0. The predicted molar refractivity (Wildman–Crippen MR) is 85.9 cm³/mol. The molecule has 0 saturated carbocycles. The van der Waals surface area contributed by atoms with Gasteiger partial charge in [-0.25, -0.2) is 4.98 Å². The van der Waals surface area contributed by atoms with E-state index in [0.717, 1.165) is 11.2 Å². The van der Waals surface area contributed by atoms with Crippen molar-refractivity contribution in [2.75, 3.05) is 0 Å². The van der Waals surface area contributed by atoms with Gasteiger partial charge in [0.05, 0.1) is 22.2 Å². The van der Waals surface area contributed by atoms with Gasteiger partial charge in [-0.2, -0.15) is 0 Å². The Balaban J connectivity index is 0.00000125. The van der Waals surface area contributed by atoms with E-state index in [-0.39, 0.29) is 24.0 Å². The Morgan fingerprint density at radius 2 is 1.41 bits per heavy atom. The van der Waals surface area contributed by atoms with Gasteiger partial charge in [-0.15, -0.1) is 0 Å². The number of pyridine rings is 1. The SMILES string of the molecule is [I-].c1ccc2c(c1)[NH2+]c1cccc3c1c-2nc1ccccc13. The number of nitrogens with zero attached hydrogens (tertiary/aromatic N) is 1. The van der Waals surface area contributed by atoms with Crippen molar-refractivity contribution in [1.82, 2.24) is 4.98 Å². The van der Waals surface area contributed by atoms with Crippen LogP contribution in [0, 0.1) is 0 Å². The van der Waals surface area contributed by atoms with Crippen molar-refractivity contribution >= 4 is 33.1 Å². The fourth-order valence-corrected chi connectivity index (χ4v) is 3.36. The Morgan fingerprint density at radius 3 is 2.36 bits per heavy atom. The molecule has 22 heavy (non-hydrogen) atoms. The number of quaternary nitrogens is 1. The molecule has 0 saturated heterocycles. The summed E-state index contributed by atoms with van der Waals surface area (Å²) >= 11 is 0. The third kappa shape index (κ3) is 1.79. The summed E-state index contributed by atoms with van der Waals surface area (Å²) in [5.74, 6) is 0. The molecule has 0 fully saturated rings. The molecule has 2 nitrogen and oxygen atoms in total. The molecule has 0 spiro atoms. The van der Waals surface area contributed by atoms with Gasteiger partial charge in [-0.1, -0.05) is 42.5 Å². The van der Waals surface area contributed by atoms with Crippen molar-refractivity contribution in [1.29, 1.82) is 0 Å². The van der Waals surface area contributed by atoms with Gasteiger partial charge in [-0.3, -0.25) is 5.32 Å². The van der Waals surface area contributed by atoms with Crippen molar-refractivity contribution in [3.63, 3.8) is 0 Å². The van der Waals surface area contributed by atoms with Gasteiger partial charge in [-0.05, 0) is 17.5 Å². The van der Waals surface area contributed by atoms with E-state index < -0.39 is 0 Å². The average molecular weight is 396 g/mol. The molecular weight excluding hydrogens is 383 g/mol. The van der Waals surface area contributed by atoms with Gasteiger partial charge < -0.3 is 24.0 Å². The van der Waals surface area contributed by atoms with Crippen LogP contribution in [-0.4, -0.2) is 4.98 Å². The molecule has 3 heteroatoms. The van der Waals surface area contributed by atoms with Crippen LogP contribution < -0.4 is 29.3 Å². The lowest BCUT2D eigenvalue weighted by molar-refractivity contribution is -0.477. The molecule has 2 N–H and O–H groups in total.